The van der Waals surface area contributed by atoms with Crippen LogP contribution in [0.5, 0.6) is 0 Å². The molecule has 1 aliphatic rings. The van der Waals surface area contributed by atoms with Crippen LogP contribution in [0.2, 0.25) is 0 Å². The number of esters is 1. The molecule has 0 bridgehead atoms. The lowest BCUT2D eigenvalue weighted by Gasteiger charge is -2.36. The van der Waals surface area contributed by atoms with Crippen LogP contribution in [-0.2, 0) is 22.6 Å². The Morgan fingerprint density at radius 2 is 1.89 bits per heavy atom. The highest BCUT2D eigenvalue weighted by molar-refractivity contribution is 5.78. The van der Waals surface area contributed by atoms with Crippen molar-refractivity contribution in [1.82, 2.24) is 4.57 Å². The summed E-state index contributed by atoms with van der Waals surface area (Å²) in [5.74, 6) is 2.36. The van der Waals surface area contributed by atoms with Gasteiger partial charge < -0.3 is 9.64 Å². The third-order valence-corrected chi connectivity index (χ3v) is 7.46. The maximum absolute atomic E-state index is 13.4. The average molecular weight is 475 g/mol. The van der Waals surface area contributed by atoms with Gasteiger partial charge in [-0.3, -0.25) is 0 Å². The minimum Gasteiger partial charge on any atom is -0.459 e. The van der Waals surface area contributed by atoms with Crippen LogP contribution in [-0.4, -0.2) is 30.7 Å². The van der Waals surface area contributed by atoms with Crippen molar-refractivity contribution in [3.8, 4) is 11.4 Å². The zero-order valence-electron chi connectivity index (χ0n) is 21.9. The molecule has 0 spiro atoms. The Balaban J connectivity index is 1.73. The molecule has 1 heterocycles. The molecular formula is C30H40N3O2+. The number of benzene rings is 2. The number of anilines is 1. The number of hydrogen-bond acceptors (Lipinski definition) is 3. The minimum absolute atomic E-state index is 0.00352. The molecule has 0 radical (unpaired) electrons. The predicted molar refractivity (Wildman–Crippen MR) is 143 cm³/mol. The maximum atomic E-state index is 13.4. The van der Waals surface area contributed by atoms with Crippen molar-refractivity contribution < 1.29 is 14.1 Å². The summed E-state index contributed by atoms with van der Waals surface area (Å²) in [5.41, 5.74) is 4.30. The molecule has 2 aromatic carbocycles. The molecular weight excluding hydrogens is 434 g/mol. The second-order valence-electron chi connectivity index (χ2n) is 10.6. The summed E-state index contributed by atoms with van der Waals surface area (Å²) in [5, 5.41) is 0. The number of hydrogen-bond donors (Lipinski definition) is 0. The number of carbonyl (C=O) groups excluding carboxylic acids is 1. The third-order valence-electron chi connectivity index (χ3n) is 7.46. The second kappa shape index (κ2) is 10.7. The molecule has 1 unspecified atom stereocenters. The summed E-state index contributed by atoms with van der Waals surface area (Å²) < 4.78 is 10.6. The molecule has 0 aliphatic heterocycles. The van der Waals surface area contributed by atoms with Crippen LogP contribution in [0.15, 0.2) is 61.2 Å². The van der Waals surface area contributed by atoms with Crippen molar-refractivity contribution in [3.63, 3.8) is 0 Å². The molecule has 1 aromatic heterocycles. The van der Waals surface area contributed by atoms with Gasteiger partial charge in [0.15, 0.2) is 17.6 Å². The Hall–Kier alpha value is -3.08. The first-order valence-electron chi connectivity index (χ1n) is 12.9. The van der Waals surface area contributed by atoms with E-state index in [4.69, 9.17) is 4.74 Å². The van der Waals surface area contributed by atoms with Gasteiger partial charge in [0, 0.05) is 19.8 Å². The first kappa shape index (κ1) is 25.0. The van der Waals surface area contributed by atoms with Gasteiger partial charge in [0.05, 0.1) is 5.56 Å². The van der Waals surface area contributed by atoms with Gasteiger partial charge >= 0.3 is 5.97 Å². The van der Waals surface area contributed by atoms with Crippen molar-refractivity contribution in [2.45, 2.75) is 59.2 Å². The molecule has 5 nitrogen and oxygen atoms in total. The Bertz CT molecular complexity index is 1180. The Kier molecular flexibility index (Phi) is 7.63. The van der Waals surface area contributed by atoms with Crippen LogP contribution in [0.1, 0.15) is 40.0 Å². The molecule has 186 valence electrons. The molecule has 5 heteroatoms. The van der Waals surface area contributed by atoms with E-state index in [2.05, 4.69) is 77.8 Å². The zero-order chi connectivity index (χ0) is 25.1. The quantitative estimate of drug-likeness (QED) is 0.233. The van der Waals surface area contributed by atoms with Crippen LogP contribution < -0.4 is 9.47 Å². The van der Waals surface area contributed by atoms with Gasteiger partial charge in [-0.15, -0.1) is 0 Å². The van der Waals surface area contributed by atoms with Gasteiger partial charge in [-0.2, -0.15) is 0 Å². The van der Waals surface area contributed by atoms with E-state index in [0.717, 1.165) is 41.0 Å². The second-order valence-corrected chi connectivity index (χ2v) is 10.6. The van der Waals surface area contributed by atoms with E-state index in [9.17, 15) is 4.79 Å². The van der Waals surface area contributed by atoms with Crippen LogP contribution in [0.25, 0.3) is 22.4 Å². The number of imidazole rings is 1. The highest BCUT2D eigenvalue weighted by Gasteiger charge is 2.35. The lowest BCUT2D eigenvalue weighted by molar-refractivity contribution is -0.649. The number of nitrogens with zero attached hydrogens (tertiary/aromatic N) is 3. The Morgan fingerprint density at radius 1 is 1.17 bits per heavy atom. The molecule has 3 aromatic rings. The molecule has 1 aliphatic carbocycles. The lowest BCUT2D eigenvalue weighted by atomic mass is 9.75. The van der Waals surface area contributed by atoms with Gasteiger partial charge in [-0.25, -0.2) is 13.9 Å². The normalized spacial score (nSPS) is 20.2. The standard InChI is InChI=1S/C30H40N3O2/c1-7-18-32-26-10-8-9-11-27(26)33(30(32)23-13-15-24(16-14-23)31(5)6)20-29(34)35-28-19-22(4)12-17-25(28)21(2)3/h7-11,13-16,21-22,25,28H,1,12,17-20H2,2-6H3/q+1/t22-,25?,28-/m1/s1. The van der Waals surface area contributed by atoms with Crippen LogP contribution in [0.3, 0.4) is 0 Å². The van der Waals surface area contributed by atoms with Gasteiger partial charge in [0.25, 0.3) is 5.82 Å². The fourth-order valence-corrected chi connectivity index (χ4v) is 5.57. The number of fused-ring (bicyclic) bond motifs is 1. The largest absolute Gasteiger partial charge is 0.459 e. The molecule has 1 fully saturated rings. The number of aromatic nitrogens is 2. The fraction of sp³-hybridized carbons (Fsp3) is 0.467. The molecule has 0 amide bonds. The lowest BCUT2D eigenvalue weighted by Crippen LogP contribution is -2.43. The monoisotopic (exact) mass is 474 g/mol. The van der Waals surface area contributed by atoms with Crippen molar-refractivity contribution in [2.75, 3.05) is 19.0 Å². The Morgan fingerprint density at radius 3 is 2.54 bits per heavy atom. The molecule has 3 atom stereocenters. The molecule has 35 heavy (non-hydrogen) atoms. The van der Waals surface area contributed by atoms with Crippen molar-refractivity contribution in [3.05, 3.63) is 61.2 Å². The van der Waals surface area contributed by atoms with E-state index in [-0.39, 0.29) is 18.6 Å². The number of carbonyl (C=O) groups is 1. The number of rotatable bonds is 8. The first-order chi connectivity index (χ1) is 16.8. The summed E-state index contributed by atoms with van der Waals surface area (Å²) in [7, 11) is 4.08. The minimum atomic E-state index is -0.160. The zero-order valence-corrected chi connectivity index (χ0v) is 21.9. The van der Waals surface area contributed by atoms with E-state index < -0.39 is 0 Å². The van der Waals surface area contributed by atoms with E-state index in [0.29, 0.717) is 24.3 Å². The first-order valence-corrected chi connectivity index (χ1v) is 12.9. The molecule has 0 saturated heterocycles. The van der Waals surface area contributed by atoms with E-state index in [1.54, 1.807) is 0 Å². The van der Waals surface area contributed by atoms with Gasteiger partial charge in [-0.1, -0.05) is 52.0 Å². The molecule has 1 saturated carbocycles. The average Bonchev–Trinajstić information content (AvgIpc) is 3.12. The third kappa shape index (κ3) is 5.29. The van der Waals surface area contributed by atoms with E-state index in [1.807, 2.05) is 32.3 Å². The summed E-state index contributed by atoms with van der Waals surface area (Å²) >= 11 is 0. The molecule has 4 rings (SSSR count). The SMILES string of the molecule is C=CCn1c(-c2ccc(N(C)C)cc2)[n+](CC(=O)O[C@@H]2C[C@H](C)CCC2C(C)C)c2ccccc21. The number of ether oxygens (including phenoxy) is 1. The summed E-state index contributed by atoms with van der Waals surface area (Å²) in [6.07, 6.45) is 5.20. The highest BCUT2D eigenvalue weighted by atomic mass is 16.5. The predicted octanol–water partition coefficient (Wildman–Crippen LogP) is 5.85. The van der Waals surface area contributed by atoms with Crippen molar-refractivity contribution >= 4 is 22.7 Å². The van der Waals surface area contributed by atoms with Crippen LogP contribution >= 0.6 is 0 Å². The van der Waals surface area contributed by atoms with Crippen LogP contribution in [0, 0.1) is 17.8 Å². The van der Waals surface area contributed by atoms with Gasteiger partial charge in [-0.05, 0) is 67.0 Å². The smallest absolute Gasteiger partial charge is 0.348 e. The molecule has 0 N–H and O–H groups in total. The van der Waals surface area contributed by atoms with Crippen molar-refractivity contribution in [2.24, 2.45) is 17.8 Å². The topological polar surface area (TPSA) is 38.4 Å². The maximum Gasteiger partial charge on any atom is 0.348 e. The van der Waals surface area contributed by atoms with Crippen molar-refractivity contribution in [1.29, 1.82) is 0 Å². The van der Waals surface area contributed by atoms with E-state index in [1.165, 1.54) is 6.42 Å². The highest BCUT2D eigenvalue weighted by Crippen LogP contribution is 2.35. The fourth-order valence-electron chi connectivity index (χ4n) is 5.57. The van der Waals surface area contributed by atoms with Gasteiger partial charge in [0.1, 0.15) is 12.6 Å². The Labute approximate surface area is 210 Å². The summed E-state index contributed by atoms with van der Waals surface area (Å²) in [6.45, 7) is 11.6. The van der Waals surface area contributed by atoms with Gasteiger partial charge in [0.2, 0.25) is 0 Å². The number of para-hydroxylation sites is 2. The summed E-state index contributed by atoms with van der Waals surface area (Å²) in [6, 6.07) is 16.7. The number of allylic oxidation sites excluding steroid dienone is 1. The van der Waals surface area contributed by atoms with Crippen LogP contribution in [0.4, 0.5) is 5.69 Å². The van der Waals surface area contributed by atoms with E-state index >= 15 is 0 Å². The summed E-state index contributed by atoms with van der Waals surface area (Å²) in [4.78, 5) is 15.5.